The third kappa shape index (κ3) is 3.54. The fourth-order valence-corrected chi connectivity index (χ4v) is 2.64. The molecule has 0 aliphatic rings. The van der Waals surface area contributed by atoms with Crippen LogP contribution in [-0.4, -0.2) is 9.59 Å². The second-order valence-electron chi connectivity index (χ2n) is 4.17. The van der Waals surface area contributed by atoms with E-state index in [4.69, 9.17) is 5.73 Å². The first kappa shape index (κ1) is 12.6. The monoisotopic (exact) mass is 227 g/mol. The third-order valence-electron chi connectivity index (χ3n) is 2.69. The molecule has 0 spiro atoms. The van der Waals surface area contributed by atoms with E-state index in [1.54, 1.807) is 0 Å². The highest BCUT2D eigenvalue weighted by molar-refractivity contribution is 7.05. The Morgan fingerprint density at radius 3 is 2.73 bits per heavy atom. The standard InChI is InChI=1S/C11H21N3S/c1-4-6-8(3)7-9(12)11-10(5-2)13-14-15-11/h8-9H,4-7,12H2,1-3H3. The van der Waals surface area contributed by atoms with E-state index in [9.17, 15) is 0 Å². The molecule has 1 aromatic heterocycles. The fraction of sp³-hybridized carbons (Fsp3) is 0.818. The number of hydrogen-bond acceptors (Lipinski definition) is 4. The number of rotatable bonds is 6. The van der Waals surface area contributed by atoms with Gasteiger partial charge in [-0.05, 0) is 30.3 Å². The lowest BCUT2D eigenvalue weighted by Crippen LogP contribution is -2.14. The van der Waals surface area contributed by atoms with Crippen molar-refractivity contribution in [3.8, 4) is 0 Å². The predicted molar refractivity (Wildman–Crippen MR) is 64.9 cm³/mol. The summed E-state index contributed by atoms with van der Waals surface area (Å²) in [6.07, 6.45) is 4.46. The van der Waals surface area contributed by atoms with Gasteiger partial charge in [0.2, 0.25) is 0 Å². The highest BCUT2D eigenvalue weighted by atomic mass is 32.1. The Kier molecular flexibility index (Phi) is 5.19. The van der Waals surface area contributed by atoms with E-state index in [1.165, 1.54) is 29.3 Å². The van der Waals surface area contributed by atoms with Crippen LogP contribution in [0.25, 0.3) is 0 Å². The van der Waals surface area contributed by atoms with Gasteiger partial charge in [-0.15, -0.1) is 5.10 Å². The molecule has 3 nitrogen and oxygen atoms in total. The normalized spacial score (nSPS) is 15.2. The summed E-state index contributed by atoms with van der Waals surface area (Å²) >= 11 is 1.46. The lowest BCUT2D eigenvalue weighted by molar-refractivity contribution is 0.442. The summed E-state index contributed by atoms with van der Waals surface area (Å²) in [6.45, 7) is 6.58. The van der Waals surface area contributed by atoms with Gasteiger partial charge >= 0.3 is 0 Å². The highest BCUT2D eigenvalue weighted by Gasteiger charge is 2.16. The van der Waals surface area contributed by atoms with Gasteiger partial charge in [0.1, 0.15) is 0 Å². The molecule has 0 amide bonds. The molecule has 2 atom stereocenters. The molecule has 0 bridgehead atoms. The largest absolute Gasteiger partial charge is 0.323 e. The average Bonchev–Trinajstić information content (AvgIpc) is 2.65. The molecule has 4 heteroatoms. The second kappa shape index (κ2) is 6.18. The van der Waals surface area contributed by atoms with E-state index in [1.807, 2.05) is 0 Å². The summed E-state index contributed by atoms with van der Waals surface area (Å²) in [7, 11) is 0. The Bertz CT molecular complexity index is 285. The highest BCUT2D eigenvalue weighted by Crippen LogP contribution is 2.26. The SMILES string of the molecule is CCCC(C)CC(N)c1snnc1CC. The van der Waals surface area contributed by atoms with Crippen molar-refractivity contribution < 1.29 is 0 Å². The number of aryl methyl sites for hydroxylation is 1. The van der Waals surface area contributed by atoms with E-state index in [0.717, 1.165) is 18.5 Å². The second-order valence-corrected chi connectivity index (χ2v) is 4.96. The van der Waals surface area contributed by atoms with Crippen LogP contribution < -0.4 is 5.73 Å². The van der Waals surface area contributed by atoms with Crippen molar-refractivity contribution in [2.75, 3.05) is 0 Å². The van der Waals surface area contributed by atoms with Crippen LogP contribution in [0.2, 0.25) is 0 Å². The van der Waals surface area contributed by atoms with Crippen LogP contribution in [0.4, 0.5) is 0 Å². The third-order valence-corrected chi connectivity index (χ3v) is 3.59. The Morgan fingerprint density at radius 1 is 1.40 bits per heavy atom. The minimum Gasteiger partial charge on any atom is -0.323 e. The molecule has 2 N–H and O–H groups in total. The van der Waals surface area contributed by atoms with Crippen LogP contribution >= 0.6 is 11.5 Å². The van der Waals surface area contributed by atoms with Gasteiger partial charge in [-0.2, -0.15) is 0 Å². The first-order valence-corrected chi connectivity index (χ1v) is 6.53. The minimum atomic E-state index is 0.126. The summed E-state index contributed by atoms with van der Waals surface area (Å²) in [5, 5.41) is 4.10. The van der Waals surface area contributed by atoms with Gasteiger partial charge in [0, 0.05) is 6.04 Å². The molecule has 15 heavy (non-hydrogen) atoms. The maximum atomic E-state index is 6.18. The molecule has 1 heterocycles. The number of nitrogens with two attached hydrogens (primary N) is 1. The van der Waals surface area contributed by atoms with Gasteiger partial charge < -0.3 is 5.73 Å². The zero-order valence-corrected chi connectivity index (χ0v) is 10.7. The lowest BCUT2D eigenvalue weighted by atomic mass is 9.96. The van der Waals surface area contributed by atoms with Crippen molar-refractivity contribution in [2.24, 2.45) is 11.7 Å². The van der Waals surface area contributed by atoms with Crippen molar-refractivity contribution in [1.29, 1.82) is 0 Å². The number of aromatic nitrogens is 2. The van der Waals surface area contributed by atoms with Crippen LogP contribution in [-0.2, 0) is 6.42 Å². The molecular weight excluding hydrogens is 206 g/mol. The molecule has 0 fully saturated rings. The van der Waals surface area contributed by atoms with Gasteiger partial charge in [-0.25, -0.2) is 0 Å². The zero-order chi connectivity index (χ0) is 11.3. The Morgan fingerprint density at radius 2 is 2.13 bits per heavy atom. The number of hydrogen-bond donors (Lipinski definition) is 1. The fourth-order valence-electron chi connectivity index (χ4n) is 1.89. The minimum absolute atomic E-state index is 0.126. The predicted octanol–water partition coefficient (Wildman–Crippen LogP) is 2.93. The molecule has 0 saturated heterocycles. The van der Waals surface area contributed by atoms with Crippen LogP contribution in [0, 0.1) is 5.92 Å². The number of nitrogens with zero attached hydrogens (tertiary/aromatic N) is 2. The lowest BCUT2D eigenvalue weighted by Gasteiger charge is -2.15. The molecule has 0 aliphatic heterocycles. The molecular formula is C11H21N3S. The quantitative estimate of drug-likeness (QED) is 0.813. The first-order chi connectivity index (χ1) is 7.19. The summed E-state index contributed by atoms with van der Waals surface area (Å²) in [5.41, 5.74) is 7.26. The van der Waals surface area contributed by atoms with E-state index >= 15 is 0 Å². The molecule has 0 aromatic carbocycles. The van der Waals surface area contributed by atoms with Crippen molar-refractivity contribution in [3.63, 3.8) is 0 Å². The Balaban J connectivity index is 2.56. The van der Waals surface area contributed by atoms with Crippen molar-refractivity contribution in [1.82, 2.24) is 9.59 Å². The van der Waals surface area contributed by atoms with Crippen LogP contribution in [0.1, 0.15) is 56.6 Å². The Labute approximate surface area is 96.2 Å². The summed E-state index contributed by atoms with van der Waals surface area (Å²) in [6, 6.07) is 0.126. The maximum Gasteiger partial charge on any atom is 0.0800 e. The van der Waals surface area contributed by atoms with Crippen molar-refractivity contribution >= 4 is 11.5 Å². The Hall–Kier alpha value is -0.480. The van der Waals surface area contributed by atoms with Gasteiger partial charge in [-0.1, -0.05) is 38.1 Å². The van der Waals surface area contributed by atoms with Gasteiger partial charge in [0.25, 0.3) is 0 Å². The average molecular weight is 227 g/mol. The van der Waals surface area contributed by atoms with E-state index in [0.29, 0.717) is 5.92 Å². The maximum absolute atomic E-state index is 6.18. The van der Waals surface area contributed by atoms with Gasteiger partial charge in [0.05, 0.1) is 10.6 Å². The van der Waals surface area contributed by atoms with Crippen LogP contribution in [0.3, 0.4) is 0 Å². The smallest absolute Gasteiger partial charge is 0.0800 e. The van der Waals surface area contributed by atoms with Crippen molar-refractivity contribution in [2.45, 2.75) is 52.5 Å². The summed E-state index contributed by atoms with van der Waals surface area (Å²) in [4.78, 5) is 1.18. The molecule has 86 valence electrons. The van der Waals surface area contributed by atoms with E-state index in [-0.39, 0.29) is 6.04 Å². The molecule has 0 radical (unpaired) electrons. The van der Waals surface area contributed by atoms with Gasteiger partial charge in [0.15, 0.2) is 0 Å². The van der Waals surface area contributed by atoms with Crippen molar-refractivity contribution in [3.05, 3.63) is 10.6 Å². The molecule has 1 aromatic rings. The van der Waals surface area contributed by atoms with Gasteiger partial charge in [-0.3, -0.25) is 0 Å². The summed E-state index contributed by atoms with van der Waals surface area (Å²) < 4.78 is 3.98. The first-order valence-electron chi connectivity index (χ1n) is 5.75. The van der Waals surface area contributed by atoms with E-state index < -0.39 is 0 Å². The molecule has 0 aliphatic carbocycles. The van der Waals surface area contributed by atoms with Crippen LogP contribution in [0.5, 0.6) is 0 Å². The van der Waals surface area contributed by atoms with Crippen LogP contribution in [0.15, 0.2) is 0 Å². The molecule has 2 unspecified atom stereocenters. The molecule has 1 rings (SSSR count). The summed E-state index contributed by atoms with van der Waals surface area (Å²) in [5.74, 6) is 0.691. The van der Waals surface area contributed by atoms with E-state index in [2.05, 4.69) is 30.4 Å². The molecule has 0 saturated carbocycles. The topological polar surface area (TPSA) is 51.8 Å². The zero-order valence-electron chi connectivity index (χ0n) is 9.86.